The zero-order valence-corrected chi connectivity index (χ0v) is 14.0. The van der Waals surface area contributed by atoms with Gasteiger partial charge in [-0.15, -0.1) is 11.3 Å². The first-order chi connectivity index (χ1) is 9.81. The van der Waals surface area contributed by atoms with Crippen molar-refractivity contribution in [3.63, 3.8) is 0 Å². The highest BCUT2D eigenvalue weighted by Crippen LogP contribution is 2.29. The summed E-state index contributed by atoms with van der Waals surface area (Å²) in [5.74, 6) is 0. The number of hydrogen-bond donors (Lipinski definition) is 1. The zero-order valence-electron chi connectivity index (χ0n) is 10.8. The monoisotopic (exact) mass is 390 g/mol. The number of sulfonamides is 1. The lowest BCUT2D eigenvalue weighted by atomic mass is 10.3. The average molecular weight is 391 g/mol. The Morgan fingerprint density at radius 3 is 2.67 bits per heavy atom. The van der Waals surface area contributed by atoms with E-state index in [2.05, 4.69) is 20.7 Å². The largest absolute Gasteiger partial charge is 0.289 e. The minimum atomic E-state index is -4.00. The minimum absolute atomic E-state index is 0.356. The Kier molecular flexibility index (Phi) is 4.77. The fourth-order valence-electron chi connectivity index (χ4n) is 1.75. The van der Waals surface area contributed by atoms with Gasteiger partial charge in [-0.3, -0.25) is 10.1 Å². The molecule has 1 aromatic carbocycles. The predicted octanol–water partition coefficient (Wildman–Crippen LogP) is 3.46. The van der Waals surface area contributed by atoms with Crippen LogP contribution in [0.2, 0.25) is 0 Å². The van der Waals surface area contributed by atoms with Crippen LogP contribution in [0.1, 0.15) is 17.8 Å². The quantitative estimate of drug-likeness (QED) is 0.625. The van der Waals surface area contributed by atoms with Crippen LogP contribution in [-0.2, 0) is 10.0 Å². The van der Waals surface area contributed by atoms with Gasteiger partial charge in [-0.2, -0.15) is 0 Å². The van der Waals surface area contributed by atoms with E-state index in [0.717, 1.165) is 10.9 Å². The number of hydrogen-bond acceptors (Lipinski definition) is 5. The molecule has 1 heterocycles. The highest BCUT2D eigenvalue weighted by atomic mass is 79.9. The molecule has 0 aliphatic carbocycles. The van der Waals surface area contributed by atoms with Gasteiger partial charge in [0.25, 0.3) is 5.69 Å². The predicted molar refractivity (Wildman–Crippen MR) is 83.9 cm³/mol. The molecule has 0 saturated carbocycles. The molecular weight excluding hydrogens is 380 g/mol. The Morgan fingerprint density at radius 1 is 1.38 bits per heavy atom. The van der Waals surface area contributed by atoms with Crippen molar-refractivity contribution in [3.8, 4) is 0 Å². The van der Waals surface area contributed by atoms with Crippen LogP contribution in [0.3, 0.4) is 0 Å². The molecule has 0 bridgehead atoms. The second-order valence-electron chi connectivity index (χ2n) is 4.23. The number of benzene rings is 1. The topological polar surface area (TPSA) is 89.3 Å². The van der Waals surface area contributed by atoms with Crippen molar-refractivity contribution in [2.24, 2.45) is 0 Å². The van der Waals surface area contributed by atoms with Gasteiger partial charge in [-0.05, 0) is 30.5 Å². The smallest absolute Gasteiger partial charge is 0.258 e. The van der Waals surface area contributed by atoms with E-state index in [9.17, 15) is 18.5 Å². The van der Waals surface area contributed by atoms with E-state index in [1.807, 2.05) is 11.4 Å². The van der Waals surface area contributed by atoms with E-state index in [4.69, 9.17) is 0 Å². The van der Waals surface area contributed by atoms with Crippen molar-refractivity contribution in [1.82, 2.24) is 4.72 Å². The summed E-state index contributed by atoms with van der Waals surface area (Å²) < 4.78 is 27.7. The van der Waals surface area contributed by atoms with Crippen LogP contribution < -0.4 is 4.72 Å². The van der Waals surface area contributed by atoms with Crippen LogP contribution in [0.4, 0.5) is 5.69 Å². The summed E-state index contributed by atoms with van der Waals surface area (Å²) in [4.78, 5) is 10.8. The van der Waals surface area contributed by atoms with E-state index in [1.54, 1.807) is 13.0 Å². The molecule has 21 heavy (non-hydrogen) atoms. The van der Waals surface area contributed by atoms with Gasteiger partial charge in [0.05, 0.1) is 11.0 Å². The summed E-state index contributed by atoms with van der Waals surface area (Å²) in [6.45, 7) is 1.69. The van der Waals surface area contributed by atoms with E-state index in [-0.39, 0.29) is 4.90 Å². The second-order valence-corrected chi connectivity index (χ2v) is 7.80. The molecule has 0 fully saturated rings. The van der Waals surface area contributed by atoms with Crippen LogP contribution in [0, 0.1) is 10.1 Å². The van der Waals surface area contributed by atoms with Crippen molar-refractivity contribution in [2.45, 2.75) is 17.9 Å². The lowest BCUT2D eigenvalue weighted by Gasteiger charge is -2.13. The normalized spacial score (nSPS) is 13.0. The lowest BCUT2D eigenvalue weighted by molar-refractivity contribution is -0.387. The van der Waals surface area contributed by atoms with Crippen molar-refractivity contribution in [1.29, 1.82) is 0 Å². The van der Waals surface area contributed by atoms with Gasteiger partial charge in [0.2, 0.25) is 10.0 Å². The van der Waals surface area contributed by atoms with Gasteiger partial charge in [0.15, 0.2) is 4.90 Å². The summed E-state index contributed by atoms with van der Waals surface area (Å²) in [7, 11) is -4.00. The second kappa shape index (κ2) is 6.22. The fraction of sp³-hybridized carbons (Fsp3) is 0.167. The SMILES string of the molecule is CC(NS(=O)(=O)c1cc(Br)ccc1[N+](=O)[O-])c1cccs1. The standard InChI is InChI=1S/C12H11BrN2O4S2/c1-8(11-3-2-6-20-11)14-21(18,19)12-7-9(13)4-5-10(12)15(16)17/h2-8,14H,1H3. The average Bonchev–Trinajstić information content (AvgIpc) is 2.91. The molecule has 112 valence electrons. The van der Waals surface area contributed by atoms with Crippen molar-refractivity contribution < 1.29 is 13.3 Å². The molecule has 2 aromatic rings. The molecule has 1 atom stereocenters. The Bertz CT molecular complexity index is 760. The van der Waals surface area contributed by atoms with Gasteiger partial charge in [0.1, 0.15) is 0 Å². The first kappa shape index (κ1) is 16.1. The van der Waals surface area contributed by atoms with Crippen molar-refractivity contribution in [3.05, 3.63) is 55.2 Å². The van der Waals surface area contributed by atoms with Gasteiger partial charge >= 0.3 is 0 Å². The van der Waals surface area contributed by atoms with Crippen LogP contribution in [0.5, 0.6) is 0 Å². The molecule has 1 aromatic heterocycles. The van der Waals surface area contributed by atoms with Gasteiger partial charge in [0, 0.05) is 15.4 Å². The van der Waals surface area contributed by atoms with Gasteiger partial charge in [-0.25, -0.2) is 13.1 Å². The summed E-state index contributed by atoms with van der Waals surface area (Å²) in [5, 5.41) is 12.8. The maximum absolute atomic E-state index is 12.4. The number of nitro groups is 1. The summed E-state index contributed by atoms with van der Waals surface area (Å²) in [6.07, 6.45) is 0. The van der Waals surface area contributed by atoms with Crippen LogP contribution in [-0.4, -0.2) is 13.3 Å². The Labute approximate surface area is 134 Å². The number of rotatable bonds is 5. The van der Waals surface area contributed by atoms with E-state index < -0.39 is 26.7 Å². The molecule has 6 nitrogen and oxygen atoms in total. The zero-order chi connectivity index (χ0) is 15.6. The molecule has 1 unspecified atom stereocenters. The first-order valence-corrected chi connectivity index (χ1v) is 8.96. The van der Waals surface area contributed by atoms with Crippen LogP contribution >= 0.6 is 27.3 Å². The summed E-state index contributed by atoms with van der Waals surface area (Å²) >= 11 is 4.54. The summed E-state index contributed by atoms with van der Waals surface area (Å²) in [6, 6.07) is 6.96. The minimum Gasteiger partial charge on any atom is -0.258 e. The third-order valence-electron chi connectivity index (χ3n) is 2.71. The molecular formula is C12H11BrN2O4S2. The molecule has 0 amide bonds. The number of nitrogens with one attached hydrogen (secondary N) is 1. The molecule has 0 saturated heterocycles. The highest BCUT2D eigenvalue weighted by molar-refractivity contribution is 9.10. The number of thiophene rings is 1. The molecule has 0 radical (unpaired) electrons. The van der Waals surface area contributed by atoms with E-state index in [0.29, 0.717) is 4.47 Å². The molecule has 0 spiro atoms. The molecule has 0 aliphatic heterocycles. The molecule has 0 aliphatic rings. The highest BCUT2D eigenvalue weighted by Gasteiger charge is 2.27. The summed E-state index contributed by atoms with van der Waals surface area (Å²) in [5.41, 5.74) is -0.455. The third-order valence-corrected chi connectivity index (χ3v) is 5.83. The van der Waals surface area contributed by atoms with Gasteiger partial charge < -0.3 is 0 Å². The Balaban J connectivity index is 2.40. The lowest BCUT2D eigenvalue weighted by Crippen LogP contribution is -2.27. The maximum atomic E-state index is 12.4. The molecule has 1 N–H and O–H groups in total. The number of halogens is 1. The van der Waals surface area contributed by atoms with E-state index in [1.165, 1.54) is 23.5 Å². The number of nitro benzene ring substituents is 1. The Morgan fingerprint density at radius 2 is 2.10 bits per heavy atom. The van der Waals surface area contributed by atoms with Crippen molar-refractivity contribution in [2.75, 3.05) is 0 Å². The number of nitrogens with zero attached hydrogens (tertiary/aromatic N) is 1. The molecule has 9 heteroatoms. The third kappa shape index (κ3) is 3.67. The van der Waals surface area contributed by atoms with Crippen LogP contribution in [0.25, 0.3) is 0 Å². The first-order valence-electron chi connectivity index (χ1n) is 5.81. The van der Waals surface area contributed by atoms with Gasteiger partial charge in [-0.1, -0.05) is 22.0 Å². The Hall–Kier alpha value is -1.29. The maximum Gasteiger partial charge on any atom is 0.289 e. The van der Waals surface area contributed by atoms with Crippen molar-refractivity contribution >= 4 is 43.0 Å². The molecule has 2 rings (SSSR count). The fourth-order valence-corrected chi connectivity index (χ4v) is 4.49. The van der Waals surface area contributed by atoms with E-state index >= 15 is 0 Å². The van der Waals surface area contributed by atoms with Crippen LogP contribution in [0.15, 0.2) is 45.1 Å².